The van der Waals surface area contributed by atoms with Gasteiger partial charge in [0.1, 0.15) is 0 Å². The van der Waals surface area contributed by atoms with Gasteiger partial charge in [-0.15, -0.1) is 0 Å². The third-order valence-electron chi connectivity index (χ3n) is 3.46. The van der Waals surface area contributed by atoms with Gasteiger partial charge in [0, 0.05) is 25.7 Å². The van der Waals surface area contributed by atoms with Crippen molar-refractivity contribution in [2.24, 2.45) is 0 Å². The summed E-state index contributed by atoms with van der Waals surface area (Å²) in [6, 6.07) is 4.96. The molecule has 2 rings (SSSR count). The van der Waals surface area contributed by atoms with E-state index >= 15 is 0 Å². The van der Waals surface area contributed by atoms with Crippen LogP contribution in [0.1, 0.15) is 32.3 Å². The maximum atomic E-state index is 12.1. The topological polar surface area (TPSA) is 66.5 Å². The minimum absolute atomic E-state index is 0.0135. The van der Waals surface area contributed by atoms with Crippen molar-refractivity contribution in [3.63, 3.8) is 0 Å². The predicted molar refractivity (Wildman–Crippen MR) is 78.3 cm³/mol. The monoisotopic (exact) mass is 296 g/mol. The number of unbranched alkanes of at least 4 members (excludes halogenated alkanes) is 1. The van der Waals surface area contributed by atoms with Crippen LogP contribution in [0.2, 0.25) is 0 Å². The lowest BCUT2D eigenvalue weighted by Crippen LogP contribution is -2.26. The Morgan fingerprint density at radius 1 is 1.40 bits per heavy atom. The van der Waals surface area contributed by atoms with Crippen molar-refractivity contribution in [1.82, 2.24) is 4.72 Å². The molecule has 6 heteroatoms. The van der Waals surface area contributed by atoms with Gasteiger partial charge in [-0.3, -0.25) is 4.79 Å². The molecule has 1 aliphatic heterocycles. The molecule has 0 unspecified atom stereocenters. The molecule has 1 aliphatic rings. The quantitative estimate of drug-likeness (QED) is 0.841. The number of benzene rings is 1. The van der Waals surface area contributed by atoms with Crippen LogP contribution in [0.3, 0.4) is 0 Å². The van der Waals surface area contributed by atoms with Gasteiger partial charge in [-0.2, -0.15) is 0 Å². The highest BCUT2D eigenvalue weighted by Gasteiger charge is 2.24. The van der Waals surface area contributed by atoms with E-state index in [9.17, 15) is 13.2 Å². The minimum Gasteiger partial charge on any atom is -0.312 e. The SMILES string of the molecule is CCCCNS(=O)(=O)c1ccc2c(c1)CCN2C(C)=O. The first-order valence-corrected chi connectivity index (χ1v) is 8.34. The fraction of sp³-hybridized carbons (Fsp3) is 0.500. The van der Waals surface area contributed by atoms with E-state index in [0.717, 1.165) is 24.1 Å². The van der Waals surface area contributed by atoms with E-state index in [-0.39, 0.29) is 10.8 Å². The van der Waals surface area contributed by atoms with Crippen LogP contribution in [0.5, 0.6) is 0 Å². The first kappa shape index (κ1) is 15.0. The van der Waals surface area contributed by atoms with Gasteiger partial charge in [0.15, 0.2) is 0 Å². The lowest BCUT2D eigenvalue weighted by Gasteiger charge is -2.15. The van der Waals surface area contributed by atoms with E-state index in [1.165, 1.54) is 6.92 Å². The zero-order valence-electron chi connectivity index (χ0n) is 11.8. The zero-order chi connectivity index (χ0) is 14.8. The Labute approximate surface area is 120 Å². The van der Waals surface area contributed by atoms with E-state index in [4.69, 9.17) is 0 Å². The number of hydrogen-bond acceptors (Lipinski definition) is 3. The Morgan fingerprint density at radius 2 is 2.15 bits per heavy atom. The Hall–Kier alpha value is -1.40. The number of amides is 1. The second-order valence-corrected chi connectivity index (χ2v) is 6.73. The Morgan fingerprint density at radius 3 is 2.80 bits per heavy atom. The third-order valence-corrected chi connectivity index (χ3v) is 4.92. The fourth-order valence-corrected chi connectivity index (χ4v) is 3.46. The normalized spacial score (nSPS) is 14.4. The summed E-state index contributed by atoms with van der Waals surface area (Å²) in [5.74, 6) is -0.0135. The summed E-state index contributed by atoms with van der Waals surface area (Å²) in [7, 11) is -3.45. The third kappa shape index (κ3) is 3.02. The van der Waals surface area contributed by atoms with Crippen molar-refractivity contribution >= 4 is 21.6 Å². The van der Waals surface area contributed by atoms with E-state index in [0.29, 0.717) is 19.5 Å². The number of carbonyl (C=O) groups excluding carboxylic acids is 1. The minimum atomic E-state index is -3.45. The molecule has 0 spiro atoms. The first-order chi connectivity index (χ1) is 9.45. The number of rotatable bonds is 5. The number of hydrogen-bond donors (Lipinski definition) is 1. The molecule has 5 nitrogen and oxygen atoms in total. The summed E-state index contributed by atoms with van der Waals surface area (Å²) >= 11 is 0. The van der Waals surface area contributed by atoms with Crippen LogP contribution < -0.4 is 9.62 Å². The molecule has 1 N–H and O–H groups in total. The summed E-state index contributed by atoms with van der Waals surface area (Å²) in [5.41, 5.74) is 1.74. The molecule has 0 saturated heterocycles. The van der Waals surface area contributed by atoms with Gasteiger partial charge in [0.25, 0.3) is 0 Å². The maximum absolute atomic E-state index is 12.1. The molecule has 1 aromatic carbocycles. The van der Waals surface area contributed by atoms with Gasteiger partial charge in [0.2, 0.25) is 15.9 Å². The van der Waals surface area contributed by atoms with Crippen LogP contribution in [0.4, 0.5) is 5.69 Å². The highest BCUT2D eigenvalue weighted by atomic mass is 32.2. The number of sulfonamides is 1. The predicted octanol–water partition coefficient (Wildman–Crippen LogP) is 1.67. The van der Waals surface area contributed by atoms with Crippen LogP contribution in [0.25, 0.3) is 0 Å². The Balaban J connectivity index is 2.22. The molecule has 1 heterocycles. The van der Waals surface area contributed by atoms with Gasteiger partial charge in [-0.1, -0.05) is 13.3 Å². The smallest absolute Gasteiger partial charge is 0.240 e. The first-order valence-electron chi connectivity index (χ1n) is 6.86. The Bertz CT molecular complexity index is 611. The van der Waals surface area contributed by atoms with Crippen molar-refractivity contribution in [2.45, 2.75) is 38.0 Å². The zero-order valence-corrected chi connectivity index (χ0v) is 12.7. The second-order valence-electron chi connectivity index (χ2n) is 4.96. The van der Waals surface area contributed by atoms with Crippen molar-refractivity contribution in [1.29, 1.82) is 0 Å². The summed E-state index contributed by atoms with van der Waals surface area (Å²) in [6.07, 6.45) is 2.47. The molecule has 0 saturated carbocycles. The van der Waals surface area contributed by atoms with Gasteiger partial charge in [-0.25, -0.2) is 13.1 Å². The molecule has 0 bridgehead atoms. The molecular weight excluding hydrogens is 276 g/mol. The number of nitrogens with one attached hydrogen (secondary N) is 1. The molecule has 0 aromatic heterocycles. The summed E-state index contributed by atoms with van der Waals surface area (Å²) in [5, 5.41) is 0. The molecule has 20 heavy (non-hydrogen) atoms. The molecule has 0 fully saturated rings. The van der Waals surface area contributed by atoms with Crippen LogP contribution in [0, 0.1) is 0 Å². The van der Waals surface area contributed by atoms with Crippen molar-refractivity contribution in [2.75, 3.05) is 18.0 Å². The highest BCUT2D eigenvalue weighted by molar-refractivity contribution is 7.89. The fourth-order valence-electron chi connectivity index (χ4n) is 2.34. The number of anilines is 1. The largest absolute Gasteiger partial charge is 0.312 e. The van der Waals surface area contributed by atoms with E-state index < -0.39 is 10.0 Å². The summed E-state index contributed by atoms with van der Waals surface area (Å²) in [6.45, 7) is 4.61. The molecule has 0 atom stereocenters. The van der Waals surface area contributed by atoms with Crippen LogP contribution in [-0.4, -0.2) is 27.4 Å². The van der Waals surface area contributed by atoms with Gasteiger partial charge in [-0.05, 0) is 36.6 Å². The van der Waals surface area contributed by atoms with E-state index in [2.05, 4.69) is 4.72 Å². The number of nitrogens with zero attached hydrogens (tertiary/aromatic N) is 1. The molecule has 1 amide bonds. The van der Waals surface area contributed by atoms with Crippen molar-refractivity contribution < 1.29 is 13.2 Å². The standard InChI is InChI=1S/C14H20N2O3S/c1-3-4-8-15-20(18,19)13-5-6-14-12(10-13)7-9-16(14)11(2)17/h5-6,10,15H,3-4,7-9H2,1-2H3. The average Bonchev–Trinajstić information content (AvgIpc) is 2.81. The molecule has 0 aliphatic carbocycles. The van der Waals surface area contributed by atoms with E-state index in [1.54, 1.807) is 23.1 Å². The van der Waals surface area contributed by atoms with Gasteiger partial charge < -0.3 is 4.90 Å². The Kier molecular flexibility index (Phi) is 4.45. The van der Waals surface area contributed by atoms with Crippen molar-refractivity contribution in [3.05, 3.63) is 23.8 Å². The highest BCUT2D eigenvalue weighted by Crippen LogP contribution is 2.30. The molecule has 1 aromatic rings. The van der Waals surface area contributed by atoms with Gasteiger partial charge >= 0.3 is 0 Å². The molecule has 110 valence electrons. The molecule has 0 radical (unpaired) electrons. The van der Waals surface area contributed by atoms with Crippen LogP contribution in [-0.2, 0) is 21.2 Å². The van der Waals surface area contributed by atoms with Gasteiger partial charge in [0.05, 0.1) is 4.90 Å². The lowest BCUT2D eigenvalue weighted by molar-refractivity contribution is -0.116. The average molecular weight is 296 g/mol. The number of fused-ring (bicyclic) bond motifs is 1. The summed E-state index contributed by atoms with van der Waals surface area (Å²) in [4.78, 5) is 13.4. The molecular formula is C14H20N2O3S. The van der Waals surface area contributed by atoms with Crippen LogP contribution in [0.15, 0.2) is 23.1 Å². The van der Waals surface area contributed by atoms with Crippen molar-refractivity contribution in [3.8, 4) is 0 Å². The summed E-state index contributed by atoms with van der Waals surface area (Å²) < 4.78 is 26.9. The van der Waals surface area contributed by atoms with Crippen LogP contribution >= 0.6 is 0 Å². The lowest BCUT2D eigenvalue weighted by atomic mass is 10.2. The number of carbonyl (C=O) groups is 1. The second kappa shape index (κ2) is 5.93. The van der Waals surface area contributed by atoms with E-state index in [1.807, 2.05) is 6.92 Å². The maximum Gasteiger partial charge on any atom is 0.240 e.